The van der Waals surface area contributed by atoms with Crippen LogP contribution in [0.4, 0.5) is 0 Å². The molecule has 112 valence electrons. The van der Waals surface area contributed by atoms with Crippen LogP contribution in [0, 0.1) is 11.3 Å². The minimum absolute atomic E-state index is 0.0793. The molecule has 0 fully saturated rings. The molecular weight excluding hydrogens is 280 g/mol. The van der Waals surface area contributed by atoms with Crippen molar-refractivity contribution in [1.29, 1.82) is 5.26 Å². The highest BCUT2D eigenvalue weighted by Gasteiger charge is 2.28. The summed E-state index contributed by atoms with van der Waals surface area (Å²) in [4.78, 5) is 12.0. The van der Waals surface area contributed by atoms with E-state index < -0.39 is 6.04 Å². The molecular formula is C16H16N4O2. The smallest absolute Gasteiger partial charge is 0.306 e. The van der Waals surface area contributed by atoms with Gasteiger partial charge in [0.1, 0.15) is 12.6 Å². The zero-order valence-electron chi connectivity index (χ0n) is 12.0. The molecule has 2 rings (SSSR count). The first-order chi connectivity index (χ1) is 10.8. The zero-order valence-corrected chi connectivity index (χ0v) is 12.0. The van der Waals surface area contributed by atoms with Crippen molar-refractivity contribution >= 4 is 5.97 Å². The van der Waals surface area contributed by atoms with E-state index in [-0.39, 0.29) is 24.9 Å². The predicted molar refractivity (Wildman–Crippen MR) is 79.6 cm³/mol. The van der Waals surface area contributed by atoms with E-state index in [4.69, 9.17) is 4.74 Å². The van der Waals surface area contributed by atoms with Crippen molar-refractivity contribution in [3.05, 3.63) is 60.9 Å². The maximum absolute atomic E-state index is 12.0. The van der Waals surface area contributed by atoms with Crippen LogP contribution < -0.4 is 0 Å². The number of rotatable bonds is 7. The largest absolute Gasteiger partial charge is 0.461 e. The van der Waals surface area contributed by atoms with Crippen molar-refractivity contribution in [2.24, 2.45) is 0 Å². The van der Waals surface area contributed by atoms with Crippen molar-refractivity contribution in [2.75, 3.05) is 6.61 Å². The Morgan fingerprint density at radius 2 is 2.23 bits per heavy atom. The van der Waals surface area contributed by atoms with Gasteiger partial charge in [-0.3, -0.25) is 4.79 Å². The van der Waals surface area contributed by atoms with E-state index >= 15 is 0 Å². The molecule has 1 heterocycles. The summed E-state index contributed by atoms with van der Waals surface area (Å²) in [6, 6.07) is 10.9. The number of esters is 1. The van der Waals surface area contributed by atoms with Gasteiger partial charge in [0.25, 0.3) is 0 Å². The number of nitriles is 1. The molecule has 0 bridgehead atoms. The summed E-state index contributed by atoms with van der Waals surface area (Å²) in [6.45, 7) is 3.66. The molecule has 0 aliphatic carbocycles. The van der Waals surface area contributed by atoms with E-state index in [2.05, 4.69) is 23.0 Å². The summed E-state index contributed by atoms with van der Waals surface area (Å²) in [5.74, 6) is -0.751. The molecule has 2 aromatic rings. The summed E-state index contributed by atoms with van der Waals surface area (Å²) < 4.78 is 6.50. The average molecular weight is 296 g/mol. The van der Waals surface area contributed by atoms with Gasteiger partial charge in [-0.15, -0.1) is 5.10 Å². The van der Waals surface area contributed by atoms with E-state index in [1.807, 2.05) is 30.3 Å². The molecule has 6 nitrogen and oxygen atoms in total. The highest BCUT2D eigenvalue weighted by molar-refractivity contribution is 5.71. The SMILES string of the molecule is C=CCOC(=O)CC(c1ccccc1)C(C#N)n1ccnn1. The monoisotopic (exact) mass is 296 g/mol. The first-order valence-corrected chi connectivity index (χ1v) is 6.83. The van der Waals surface area contributed by atoms with Gasteiger partial charge in [-0.2, -0.15) is 5.26 Å². The maximum Gasteiger partial charge on any atom is 0.306 e. The van der Waals surface area contributed by atoms with Crippen LogP contribution >= 0.6 is 0 Å². The van der Waals surface area contributed by atoms with Crippen LogP contribution in [0.25, 0.3) is 0 Å². The van der Waals surface area contributed by atoms with E-state index in [9.17, 15) is 10.1 Å². The molecule has 0 aliphatic rings. The number of carbonyl (C=O) groups excluding carboxylic acids is 1. The number of hydrogen-bond acceptors (Lipinski definition) is 5. The number of hydrogen-bond donors (Lipinski definition) is 0. The second kappa shape index (κ2) is 7.74. The Balaban J connectivity index is 2.27. The van der Waals surface area contributed by atoms with Crippen LogP contribution in [0.1, 0.15) is 23.9 Å². The molecule has 2 unspecified atom stereocenters. The van der Waals surface area contributed by atoms with Crippen molar-refractivity contribution in [3.8, 4) is 6.07 Å². The Labute approximate surface area is 128 Å². The molecule has 0 saturated heterocycles. The third kappa shape index (κ3) is 3.79. The molecule has 1 aromatic heterocycles. The van der Waals surface area contributed by atoms with Crippen LogP contribution in [-0.4, -0.2) is 27.6 Å². The minimum Gasteiger partial charge on any atom is -0.461 e. The Hall–Kier alpha value is -2.94. The van der Waals surface area contributed by atoms with Gasteiger partial charge >= 0.3 is 5.97 Å². The summed E-state index contributed by atoms with van der Waals surface area (Å²) in [5, 5.41) is 17.1. The molecule has 0 N–H and O–H groups in total. The van der Waals surface area contributed by atoms with Crippen LogP contribution in [0.15, 0.2) is 55.4 Å². The molecule has 6 heteroatoms. The summed E-state index contributed by atoms with van der Waals surface area (Å²) in [5.41, 5.74) is 0.875. The van der Waals surface area contributed by atoms with Crippen LogP contribution in [-0.2, 0) is 9.53 Å². The first kappa shape index (κ1) is 15.4. The minimum atomic E-state index is -0.638. The van der Waals surface area contributed by atoms with Crippen LogP contribution in [0.3, 0.4) is 0 Å². The number of benzene rings is 1. The Kier molecular flexibility index (Phi) is 5.44. The summed E-state index contributed by atoms with van der Waals surface area (Å²) >= 11 is 0. The molecule has 0 spiro atoms. The van der Waals surface area contributed by atoms with Crippen molar-refractivity contribution in [3.63, 3.8) is 0 Å². The van der Waals surface area contributed by atoms with Gasteiger partial charge in [0, 0.05) is 12.1 Å². The topological polar surface area (TPSA) is 80.8 Å². The Bertz CT molecular complexity index is 647. The molecule has 1 aromatic carbocycles. The Morgan fingerprint density at radius 1 is 1.45 bits per heavy atom. The fraction of sp³-hybridized carbons (Fsp3) is 0.250. The second-order valence-corrected chi connectivity index (χ2v) is 4.65. The third-order valence-electron chi connectivity index (χ3n) is 3.22. The third-order valence-corrected chi connectivity index (χ3v) is 3.22. The van der Waals surface area contributed by atoms with Crippen molar-refractivity contribution < 1.29 is 9.53 Å². The number of aromatic nitrogens is 3. The van der Waals surface area contributed by atoms with Crippen molar-refractivity contribution in [2.45, 2.75) is 18.4 Å². The standard InChI is InChI=1S/C16H16N4O2/c1-2-10-22-16(21)11-14(13-6-4-3-5-7-13)15(12-17)20-9-8-18-19-20/h2-9,14-15H,1,10-11H2. The molecule has 0 amide bonds. The highest BCUT2D eigenvalue weighted by Crippen LogP contribution is 2.31. The predicted octanol–water partition coefficient (Wildman–Crippen LogP) is 2.25. The number of ether oxygens (including phenoxy) is 1. The van der Waals surface area contributed by atoms with Gasteiger partial charge in [-0.05, 0) is 5.56 Å². The van der Waals surface area contributed by atoms with Gasteiger partial charge in [0.05, 0.1) is 18.7 Å². The van der Waals surface area contributed by atoms with Crippen LogP contribution in [0.2, 0.25) is 0 Å². The van der Waals surface area contributed by atoms with Gasteiger partial charge in [-0.1, -0.05) is 48.2 Å². The van der Waals surface area contributed by atoms with E-state index in [1.165, 1.54) is 17.0 Å². The highest BCUT2D eigenvalue weighted by atomic mass is 16.5. The lowest BCUT2D eigenvalue weighted by Crippen LogP contribution is -2.21. The fourth-order valence-corrected chi connectivity index (χ4v) is 2.20. The lowest BCUT2D eigenvalue weighted by Gasteiger charge is -2.21. The molecule has 2 atom stereocenters. The lowest BCUT2D eigenvalue weighted by atomic mass is 9.89. The second-order valence-electron chi connectivity index (χ2n) is 4.65. The van der Waals surface area contributed by atoms with Gasteiger partial charge in [0.15, 0.2) is 0 Å². The van der Waals surface area contributed by atoms with E-state index in [1.54, 1.807) is 6.20 Å². The van der Waals surface area contributed by atoms with Crippen LogP contribution in [0.5, 0.6) is 0 Å². The van der Waals surface area contributed by atoms with Crippen molar-refractivity contribution in [1.82, 2.24) is 15.0 Å². The quantitative estimate of drug-likeness (QED) is 0.578. The first-order valence-electron chi connectivity index (χ1n) is 6.83. The summed E-state index contributed by atoms with van der Waals surface area (Å²) in [6.07, 6.45) is 4.70. The normalized spacial score (nSPS) is 12.9. The van der Waals surface area contributed by atoms with Gasteiger partial charge in [-0.25, -0.2) is 4.68 Å². The maximum atomic E-state index is 12.0. The van der Waals surface area contributed by atoms with E-state index in [0.29, 0.717) is 0 Å². The fourth-order valence-electron chi connectivity index (χ4n) is 2.20. The van der Waals surface area contributed by atoms with Gasteiger partial charge in [0.2, 0.25) is 0 Å². The number of carbonyl (C=O) groups is 1. The molecule has 22 heavy (non-hydrogen) atoms. The number of nitrogens with zero attached hydrogens (tertiary/aromatic N) is 4. The van der Waals surface area contributed by atoms with E-state index in [0.717, 1.165) is 5.56 Å². The molecule has 0 saturated carbocycles. The lowest BCUT2D eigenvalue weighted by molar-refractivity contribution is -0.143. The Morgan fingerprint density at radius 3 is 2.82 bits per heavy atom. The zero-order chi connectivity index (χ0) is 15.8. The molecule has 0 aliphatic heterocycles. The summed E-state index contributed by atoms with van der Waals surface area (Å²) in [7, 11) is 0. The molecule has 0 radical (unpaired) electrons. The van der Waals surface area contributed by atoms with Gasteiger partial charge < -0.3 is 4.74 Å². The average Bonchev–Trinajstić information content (AvgIpc) is 3.08.